The molecule has 0 bridgehead atoms. The van der Waals surface area contributed by atoms with E-state index in [1.165, 1.54) is 6.07 Å². The van der Waals surface area contributed by atoms with Crippen LogP contribution in [0.2, 0.25) is 5.02 Å². The molecule has 0 radical (unpaired) electrons. The lowest BCUT2D eigenvalue weighted by Gasteiger charge is -2.10. The van der Waals surface area contributed by atoms with Crippen molar-refractivity contribution in [3.8, 4) is 11.6 Å². The smallest absolute Gasteiger partial charge is 0.373 e. The van der Waals surface area contributed by atoms with E-state index in [1.54, 1.807) is 19.1 Å². The molecule has 7 nitrogen and oxygen atoms in total. The van der Waals surface area contributed by atoms with Crippen molar-refractivity contribution in [2.75, 3.05) is 5.32 Å². The van der Waals surface area contributed by atoms with Crippen LogP contribution in [0.25, 0.3) is 0 Å². The fourth-order valence-electron chi connectivity index (χ4n) is 2.20. The van der Waals surface area contributed by atoms with Gasteiger partial charge in [-0.3, -0.25) is 10.1 Å². The van der Waals surface area contributed by atoms with E-state index in [9.17, 15) is 18.9 Å². The number of halogens is 3. The maximum absolute atomic E-state index is 13.8. The molecule has 0 aliphatic heterocycles. The zero-order valence-electron chi connectivity index (χ0n) is 13.7. The van der Waals surface area contributed by atoms with Gasteiger partial charge in [0.25, 0.3) is 0 Å². The average Bonchev–Trinajstić information content (AvgIpc) is 2.60. The minimum absolute atomic E-state index is 0.188. The molecule has 10 heteroatoms. The highest BCUT2D eigenvalue weighted by atomic mass is 35.5. The fourth-order valence-corrected chi connectivity index (χ4v) is 2.32. The summed E-state index contributed by atoms with van der Waals surface area (Å²) in [6.45, 7) is 1.74. The van der Waals surface area contributed by atoms with Gasteiger partial charge in [-0.2, -0.15) is 4.98 Å². The predicted molar refractivity (Wildman–Crippen MR) is 94.6 cm³/mol. The Hall–Kier alpha value is -3.33. The molecule has 1 aromatic heterocycles. The van der Waals surface area contributed by atoms with Gasteiger partial charge in [-0.05, 0) is 42.8 Å². The number of aryl methyl sites for hydroxylation is 1. The van der Waals surface area contributed by atoms with Crippen LogP contribution in [0.5, 0.6) is 11.6 Å². The SMILES string of the molecule is Cc1cc(Oc2ncnc(Nc3ccc(F)cc3F)c2[N+](=O)[O-])ccc1Cl. The molecular formula is C17H11ClF2N4O3. The van der Waals surface area contributed by atoms with Crippen LogP contribution in [0, 0.1) is 28.7 Å². The second kappa shape index (κ2) is 7.50. The maximum atomic E-state index is 13.8. The zero-order chi connectivity index (χ0) is 19.6. The van der Waals surface area contributed by atoms with Crippen LogP contribution in [-0.4, -0.2) is 14.9 Å². The van der Waals surface area contributed by atoms with Crippen molar-refractivity contribution in [3.05, 3.63) is 75.1 Å². The van der Waals surface area contributed by atoms with Crippen LogP contribution in [0.15, 0.2) is 42.7 Å². The van der Waals surface area contributed by atoms with Crippen LogP contribution in [0.1, 0.15) is 5.56 Å². The molecule has 1 N–H and O–H groups in total. The summed E-state index contributed by atoms with van der Waals surface area (Å²) in [6, 6.07) is 7.43. The maximum Gasteiger partial charge on any atom is 0.373 e. The van der Waals surface area contributed by atoms with Crippen LogP contribution >= 0.6 is 11.6 Å². The molecule has 0 aliphatic rings. The van der Waals surface area contributed by atoms with Gasteiger partial charge in [0.05, 0.1) is 10.6 Å². The first kappa shape index (κ1) is 18.5. The highest BCUT2D eigenvalue weighted by Gasteiger charge is 2.26. The zero-order valence-corrected chi connectivity index (χ0v) is 14.5. The van der Waals surface area contributed by atoms with Crippen molar-refractivity contribution in [3.63, 3.8) is 0 Å². The highest BCUT2D eigenvalue weighted by Crippen LogP contribution is 2.36. The van der Waals surface area contributed by atoms with Crippen LogP contribution in [0.3, 0.4) is 0 Å². The standard InChI is InChI=1S/C17H11ClF2N4O3/c1-9-6-11(3-4-12(9)18)27-17-15(24(25)26)16(21-8-22-17)23-14-5-2-10(19)7-13(14)20/h2-8H,1H3,(H,21,22,23). The largest absolute Gasteiger partial charge is 0.434 e. The van der Waals surface area contributed by atoms with Crippen molar-refractivity contribution in [1.29, 1.82) is 0 Å². The fraction of sp³-hybridized carbons (Fsp3) is 0.0588. The van der Waals surface area contributed by atoms with Gasteiger partial charge in [-0.25, -0.2) is 13.8 Å². The normalized spacial score (nSPS) is 10.5. The minimum atomic E-state index is -0.932. The van der Waals surface area contributed by atoms with E-state index in [-0.39, 0.29) is 23.1 Å². The predicted octanol–water partition coefficient (Wildman–Crippen LogP) is 5.16. The number of aromatic nitrogens is 2. The quantitative estimate of drug-likeness (QED) is 0.476. The third-order valence-electron chi connectivity index (χ3n) is 3.50. The van der Waals surface area contributed by atoms with E-state index in [0.29, 0.717) is 16.7 Å². The van der Waals surface area contributed by atoms with Crippen LogP contribution in [0.4, 0.5) is 26.0 Å². The lowest BCUT2D eigenvalue weighted by molar-refractivity contribution is -0.385. The second-order valence-corrected chi connectivity index (χ2v) is 5.80. The number of nitrogens with zero attached hydrogens (tertiary/aromatic N) is 3. The van der Waals surface area contributed by atoms with Gasteiger partial charge in [-0.15, -0.1) is 0 Å². The van der Waals surface area contributed by atoms with E-state index in [0.717, 1.165) is 18.5 Å². The molecule has 0 spiro atoms. The van der Waals surface area contributed by atoms with Crippen molar-refractivity contribution in [2.45, 2.75) is 6.92 Å². The molecule has 2 aromatic carbocycles. The molecule has 0 saturated carbocycles. The first-order chi connectivity index (χ1) is 12.8. The number of nitrogens with one attached hydrogen (secondary N) is 1. The summed E-state index contributed by atoms with van der Waals surface area (Å²) in [5.74, 6) is -2.09. The Balaban J connectivity index is 1.99. The topological polar surface area (TPSA) is 90.2 Å². The van der Waals surface area contributed by atoms with Gasteiger partial charge in [0.2, 0.25) is 5.82 Å². The first-order valence-electron chi connectivity index (χ1n) is 7.50. The summed E-state index contributed by atoms with van der Waals surface area (Å²) in [4.78, 5) is 18.3. The Morgan fingerprint density at radius 1 is 1.19 bits per heavy atom. The Kier molecular flexibility index (Phi) is 5.13. The molecular weight excluding hydrogens is 382 g/mol. The molecule has 27 heavy (non-hydrogen) atoms. The lowest BCUT2D eigenvalue weighted by Crippen LogP contribution is -2.04. The summed E-state index contributed by atoms with van der Waals surface area (Å²) < 4.78 is 32.4. The molecule has 0 fully saturated rings. The van der Waals surface area contributed by atoms with Crippen molar-refractivity contribution in [1.82, 2.24) is 9.97 Å². The molecule has 0 aliphatic carbocycles. The summed E-state index contributed by atoms with van der Waals surface area (Å²) in [7, 11) is 0. The van der Waals surface area contributed by atoms with Gasteiger partial charge in [0.15, 0.2) is 0 Å². The molecule has 0 atom stereocenters. The van der Waals surface area contributed by atoms with Crippen molar-refractivity contribution < 1.29 is 18.4 Å². The third kappa shape index (κ3) is 4.09. The number of rotatable bonds is 5. The Morgan fingerprint density at radius 3 is 2.63 bits per heavy atom. The first-order valence-corrected chi connectivity index (χ1v) is 7.88. The number of ether oxygens (including phenoxy) is 1. The van der Waals surface area contributed by atoms with Gasteiger partial charge >= 0.3 is 11.6 Å². The molecule has 0 saturated heterocycles. The summed E-state index contributed by atoms with van der Waals surface area (Å²) in [5.41, 5.74) is -0.0853. The van der Waals surface area contributed by atoms with Gasteiger partial charge in [-0.1, -0.05) is 11.6 Å². The molecule has 138 valence electrons. The number of nitro groups is 1. The number of anilines is 2. The Morgan fingerprint density at radius 2 is 1.96 bits per heavy atom. The van der Waals surface area contributed by atoms with Gasteiger partial charge < -0.3 is 10.1 Å². The second-order valence-electron chi connectivity index (χ2n) is 5.40. The number of hydrogen-bond acceptors (Lipinski definition) is 6. The van der Waals surface area contributed by atoms with Gasteiger partial charge in [0, 0.05) is 11.1 Å². The Labute approximate surface area is 156 Å². The van der Waals surface area contributed by atoms with Crippen molar-refractivity contribution in [2.24, 2.45) is 0 Å². The molecule has 0 amide bonds. The van der Waals surface area contributed by atoms with Crippen molar-refractivity contribution >= 4 is 28.8 Å². The monoisotopic (exact) mass is 392 g/mol. The summed E-state index contributed by atoms with van der Waals surface area (Å²) in [6.07, 6.45) is 1.02. The third-order valence-corrected chi connectivity index (χ3v) is 3.92. The molecule has 3 aromatic rings. The van der Waals surface area contributed by atoms with E-state index in [2.05, 4.69) is 15.3 Å². The van der Waals surface area contributed by atoms with Crippen LogP contribution < -0.4 is 10.1 Å². The molecule has 3 rings (SSSR count). The number of benzene rings is 2. The van der Waals surface area contributed by atoms with E-state index < -0.39 is 22.2 Å². The number of hydrogen-bond donors (Lipinski definition) is 1. The highest BCUT2D eigenvalue weighted by molar-refractivity contribution is 6.31. The summed E-state index contributed by atoms with van der Waals surface area (Å²) in [5, 5.41) is 14.5. The van der Waals surface area contributed by atoms with E-state index in [4.69, 9.17) is 16.3 Å². The summed E-state index contributed by atoms with van der Waals surface area (Å²) >= 11 is 5.95. The van der Waals surface area contributed by atoms with E-state index >= 15 is 0 Å². The average molecular weight is 393 g/mol. The van der Waals surface area contributed by atoms with E-state index in [1.807, 2.05) is 0 Å². The Bertz CT molecular complexity index is 1030. The molecule has 0 unspecified atom stereocenters. The van der Waals surface area contributed by atoms with Crippen LogP contribution in [-0.2, 0) is 0 Å². The van der Waals surface area contributed by atoms with Gasteiger partial charge in [0.1, 0.15) is 23.7 Å². The minimum Gasteiger partial charge on any atom is -0.434 e. The lowest BCUT2D eigenvalue weighted by atomic mass is 10.2. The molecule has 1 heterocycles.